The van der Waals surface area contributed by atoms with Crippen molar-refractivity contribution in [3.63, 3.8) is 0 Å². The molecular formula is C10H7Cl2N3. The highest BCUT2D eigenvalue weighted by Gasteiger charge is 2.04. The minimum atomic E-state index is 0.275. The van der Waals surface area contributed by atoms with Crippen LogP contribution in [0.4, 0.5) is 5.82 Å². The molecule has 0 aliphatic heterocycles. The van der Waals surface area contributed by atoms with Crippen molar-refractivity contribution in [2.45, 2.75) is 0 Å². The van der Waals surface area contributed by atoms with Gasteiger partial charge < -0.3 is 5.73 Å². The second-order valence-corrected chi connectivity index (χ2v) is 3.78. The highest BCUT2D eigenvalue weighted by molar-refractivity contribution is 6.32. The van der Waals surface area contributed by atoms with Crippen LogP contribution in [0, 0.1) is 0 Å². The van der Waals surface area contributed by atoms with Gasteiger partial charge in [-0.05, 0) is 24.3 Å². The Bertz CT molecular complexity index is 483. The first-order valence-electron chi connectivity index (χ1n) is 4.21. The van der Waals surface area contributed by atoms with E-state index in [1.165, 1.54) is 6.20 Å². The smallest absolute Gasteiger partial charge is 0.161 e. The first-order valence-corrected chi connectivity index (χ1v) is 4.96. The van der Waals surface area contributed by atoms with Crippen molar-refractivity contribution in [2.75, 3.05) is 5.73 Å². The van der Waals surface area contributed by atoms with Gasteiger partial charge in [-0.25, -0.2) is 9.97 Å². The summed E-state index contributed by atoms with van der Waals surface area (Å²) in [6.07, 6.45) is 1.48. The molecule has 0 saturated heterocycles. The minimum absolute atomic E-state index is 0.275. The summed E-state index contributed by atoms with van der Waals surface area (Å²) in [5.74, 6) is 0.810. The van der Waals surface area contributed by atoms with Crippen molar-refractivity contribution in [1.82, 2.24) is 9.97 Å². The monoisotopic (exact) mass is 239 g/mol. The maximum Gasteiger partial charge on any atom is 0.161 e. The van der Waals surface area contributed by atoms with Gasteiger partial charge in [-0.15, -0.1) is 0 Å². The normalized spacial score (nSPS) is 10.3. The van der Waals surface area contributed by atoms with Crippen LogP contribution in [0.15, 0.2) is 30.5 Å². The molecule has 76 valence electrons. The summed E-state index contributed by atoms with van der Waals surface area (Å²) in [5.41, 5.74) is 6.43. The summed E-state index contributed by atoms with van der Waals surface area (Å²) >= 11 is 11.5. The summed E-state index contributed by atoms with van der Waals surface area (Å²) in [5, 5.41) is 1.02. The molecule has 5 heteroatoms. The lowest BCUT2D eigenvalue weighted by molar-refractivity contribution is 1.18. The van der Waals surface area contributed by atoms with Crippen LogP contribution in [-0.4, -0.2) is 9.97 Å². The topological polar surface area (TPSA) is 51.8 Å². The Kier molecular flexibility index (Phi) is 2.75. The van der Waals surface area contributed by atoms with Crippen LogP contribution in [0.1, 0.15) is 0 Å². The number of nitrogen functional groups attached to an aromatic ring is 1. The van der Waals surface area contributed by atoms with E-state index in [-0.39, 0.29) is 5.82 Å². The SMILES string of the molecule is Nc1nc(-c2ccc(Cl)cc2)ncc1Cl. The Balaban J connectivity index is 2.45. The fourth-order valence-electron chi connectivity index (χ4n) is 1.12. The largest absolute Gasteiger partial charge is 0.382 e. The minimum Gasteiger partial charge on any atom is -0.382 e. The van der Waals surface area contributed by atoms with Gasteiger partial charge in [0.15, 0.2) is 5.82 Å². The Hall–Kier alpha value is -1.32. The molecular weight excluding hydrogens is 233 g/mol. The van der Waals surface area contributed by atoms with Gasteiger partial charge in [-0.2, -0.15) is 0 Å². The summed E-state index contributed by atoms with van der Waals surface area (Å²) in [6.45, 7) is 0. The molecule has 15 heavy (non-hydrogen) atoms. The number of halogens is 2. The molecule has 3 nitrogen and oxygen atoms in total. The van der Waals surface area contributed by atoms with E-state index in [4.69, 9.17) is 28.9 Å². The molecule has 0 saturated carbocycles. The third-order valence-electron chi connectivity index (χ3n) is 1.87. The van der Waals surface area contributed by atoms with Gasteiger partial charge in [-0.3, -0.25) is 0 Å². The lowest BCUT2D eigenvalue weighted by Crippen LogP contribution is -1.95. The average Bonchev–Trinajstić information content (AvgIpc) is 2.23. The Morgan fingerprint density at radius 3 is 2.33 bits per heavy atom. The zero-order valence-corrected chi connectivity index (χ0v) is 9.13. The van der Waals surface area contributed by atoms with Gasteiger partial charge in [0, 0.05) is 10.6 Å². The zero-order chi connectivity index (χ0) is 10.8. The molecule has 0 amide bonds. The third kappa shape index (κ3) is 2.19. The number of nitrogens with two attached hydrogens (primary N) is 1. The predicted octanol–water partition coefficient (Wildman–Crippen LogP) is 3.03. The predicted molar refractivity (Wildman–Crippen MR) is 61.9 cm³/mol. The van der Waals surface area contributed by atoms with Crippen LogP contribution in [0.3, 0.4) is 0 Å². The van der Waals surface area contributed by atoms with E-state index in [0.717, 1.165) is 5.56 Å². The lowest BCUT2D eigenvalue weighted by Gasteiger charge is -2.02. The quantitative estimate of drug-likeness (QED) is 0.833. The number of hydrogen-bond acceptors (Lipinski definition) is 3. The standard InChI is InChI=1S/C10H7Cl2N3/c11-7-3-1-6(2-4-7)10-14-5-8(12)9(13)15-10/h1-5H,(H2,13,14,15). The van der Waals surface area contributed by atoms with E-state index >= 15 is 0 Å². The maximum absolute atomic E-state index is 5.77. The maximum atomic E-state index is 5.77. The van der Waals surface area contributed by atoms with Gasteiger partial charge in [0.1, 0.15) is 10.8 Å². The highest BCUT2D eigenvalue weighted by atomic mass is 35.5. The summed E-state index contributed by atoms with van der Waals surface area (Å²) in [4.78, 5) is 8.14. The summed E-state index contributed by atoms with van der Waals surface area (Å²) in [6, 6.07) is 7.19. The van der Waals surface area contributed by atoms with Gasteiger partial charge in [0.25, 0.3) is 0 Å². The lowest BCUT2D eigenvalue weighted by atomic mass is 10.2. The van der Waals surface area contributed by atoms with Crippen molar-refractivity contribution in [2.24, 2.45) is 0 Å². The molecule has 0 spiro atoms. The highest BCUT2D eigenvalue weighted by Crippen LogP contribution is 2.21. The van der Waals surface area contributed by atoms with Crippen molar-refractivity contribution < 1.29 is 0 Å². The Morgan fingerprint density at radius 2 is 1.73 bits per heavy atom. The number of aromatic nitrogens is 2. The molecule has 0 unspecified atom stereocenters. The van der Waals surface area contributed by atoms with Crippen LogP contribution in [0.5, 0.6) is 0 Å². The molecule has 0 aliphatic carbocycles. The average molecular weight is 240 g/mol. The van der Waals surface area contributed by atoms with Crippen LogP contribution in [0.2, 0.25) is 10.0 Å². The summed E-state index contributed by atoms with van der Waals surface area (Å²) in [7, 11) is 0. The van der Waals surface area contributed by atoms with E-state index < -0.39 is 0 Å². The molecule has 0 bridgehead atoms. The van der Waals surface area contributed by atoms with Crippen LogP contribution >= 0.6 is 23.2 Å². The fraction of sp³-hybridized carbons (Fsp3) is 0. The number of nitrogens with zero attached hydrogens (tertiary/aromatic N) is 2. The zero-order valence-electron chi connectivity index (χ0n) is 7.61. The van der Waals surface area contributed by atoms with Crippen LogP contribution in [0.25, 0.3) is 11.4 Å². The third-order valence-corrected chi connectivity index (χ3v) is 2.42. The van der Waals surface area contributed by atoms with Crippen LogP contribution < -0.4 is 5.73 Å². The van der Waals surface area contributed by atoms with Crippen molar-refractivity contribution >= 4 is 29.0 Å². The molecule has 0 radical (unpaired) electrons. The molecule has 0 aliphatic rings. The van der Waals surface area contributed by atoms with Gasteiger partial charge in [-0.1, -0.05) is 23.2 Å². The number of hydrogen-bond donors (Lipinski definition) is 1. The van der Waals surface area contributed by atoms with Gasteiger partial charge in [0.2, 0.25) is 0 Å². The van der Waals surface area contributed by atoms with Crippen LogP contribution in [-0.2, 0) is 0 Å². The summed E-state index contributed by atoms with van der Waals surface area (Å²) < 4.78 is 0. The van der Waals surface area contributed by atoms with Gasteiger partial charge in [0.05, 0.1) is 6.20 Å². The van der Waals surface area contributed by atoms with Crippen molar-refractivity contribution in [1.29, 1.82) is 0 Å². The molecule has 2 rings (SSSR count). The molecule has 0 fully saturated rings. The van der Waals surface area contributed by atoms with Gasteiger partial charge >= 0.3 is 0 Å². The van der Waals surface area contributed by atoms with Crippen molar-refractivity contribution in [3.8, 4) is 11.4 Å². The van der Waals surface area contributed by atoms with E-state index in [0.29, 0.717) is 15.9 Å². The second-order valence-electron chi connectivity index (χ2n) is 2.93. The number of rotatable bonds is 1. The Labute approximate surface area is 96.9 Å². The van der Waals surface area contributed by atoms with Crippen molar-refractivity contribution in [3.05, 3.63) is 40.5 Å². The molecule has 1 aromatic carbocycles. The first-order chi connectivity index (χ1) is 7.16. The second kappa shape index (κ2) is 4.04. The first kappa shape index (κ1) is 10.2. The molecule has 1 heterocycles. The number of benzene rings is 1. The van der Waals surface area contributed by atoms with E-state index in [1.807, 2.05) is 12.1 Å². The Morgan fingerprint density at radius 1 is 1.07 bits per heavy atom. The van der Waals surface area contributed by atoms with E-state index in [1.54, 1.807) is 12.1 Å². The van der Waals surface area contributed by atoms with E-state index in [2.05, 4.69) is 9.97 Å². The van der Waals surface area contributed by atoms with E-state index in [9.17, 15) is 0 Å². The fourth-order valence-corrected chi connectivity index (χ4v) is 1.34. The molecule has 1 aromatic heterocycles. The molecule has 0 atom stereocenters. The molecule has 2 N–H and O–H groups in total. The molecule has 2 aromatic rings. The number of anilines is 1.